The minimum atomic E-state index is -1.26. The van der Waals surface area contributed by atoms with Gasteiger partial charge < -0.3 is 35.8 Å². The summed E-state index contributed by atoms with van der Waals surface area (Å²) in [6, 6.07) is 33.2. The summed E-state index contributed by atoms with van der Waals surface area (Å²) in [6.07, 6.45) is 3.71. The minimum Gasteiger partial charge on any atom is -0.460 e. The molecule has 0 aliphatic rings. The van der Waals surface area contributed by atoms with Crippen molar-refractivity contribution in [2.24, 2.45) is 17.8 Å². The van der Waals surface area contributed by atoms with E-state index in [9.17, 15) is 38.7 Å². The van der Waals surface area contributed by atoms with Crippen LogP contribution in [0.1, 0.15) is 108 Å². The second-order valence-corrected chi connectivity index (χ2v) is 17.9. The van der Waals surface area contributed by atoms with Gasteiger partial charge in [-0.15, -0.1) is 0 Å². The first-order valence-corrected chi connectivity index (χ1v) is 24.2. The highest BCUT2D eigenvalue weighted by atomic mass is 16.5. The second-order valence-electron chi connectivity index (χ2n) is 17.9. The molecule has 0 fully saturated rings. The van der Waals surface area contributed by atoms with Crippen LogP contribution in [-0.2, 0) is 55.2 Å². The number of esters is 1. The van der Waals surface area contributed by atoms with E-state index in [1.54, 1.807) is 24.3 Å². The lowest BCUT2D eigenvalue weighted by molar-refractivity contribution is -0.147. The van der Waals surface area contributed by atoms with Gasteiger partial charge in [0.15, 0.2) is 11.6 Å². The quantitative estimate of drug-likeness (QED) is 0.0145. The molecular formula is C56H70N4O10. The third kappa shape index (κ3) is 17.6. The normalized spacial score (nSPS) is 12.9. The zero-order chi connectivity index (χ0) is 50.9. The monoisotopic (exact) mass is 959 g/mol. The molecule has 0 saturated heterocycles. The van der Waals surface area contributed by atoms with Gasteiger partial charge in [0.2, 0.25) is 23.6 Å². The van der Waals surface area contributed by atoms with Gasteiger partial charge in [-0.2, -0.15) is 0 Å². The van der Waals surface area contributed by atoms with E-state index < -0.39 is 65.5 Å². The number of aliphatic hydroxyl groups is 1. The summed E-state index contributed by atoms with van der Waals surface area (Å²) in [7, 11) is 0. The van der Waals surface area contributed by atoms with Crippen LogP contribution in [0.25, 0.3) is 0 Å². The van der Waals surface area contributed by atoms with Gasteiger partial charge in [-0.1, -0.05) is 156 Å². The summed E-state index contributed by atoms with van der Waals surface area (Å²) >= 11 is 0. The van der Waals surface area contributed by atoms with E-state index in [1.807, 2.05) is 112 Å². The second kappa shape index (κ2) is 29.3. The van der Waals surface area contributed by atoms with Crippen LogP contribution in [0.15, 0.2) is 128 Å². The number of ether oxygens (including phenoxy) is 2. The fraction of sp³-hybridized carbons (Fsp3) is 0.411. The third-order valence-electron chi connectivity index (χ3n) is 11.8. The molecular weight excluding hydrogens is 889 g/mol. The first kappa shape index (κ1) is 55.8. The molecule has 70 heavy (non-hydrogen) atoms. The average Bonchev–Trinajstić information content (AvgIpc) is 3.36. The van der Waals surface area contributed by atoms with Crippen molar-refractivity contribution in [1.82, 2.24) is 16.0 Å². The smallest absolute Gasteiger partial charge is 0.328 e. The summed E-state index contributed by atoms with van der Waals surface area (Å²) in [6.45, 7) is 9.67. The van der Waals surface area contributed by atoms with E-state index in [0.717, 1.165) is 36.0 Å². The summed E-state index contributed by atoms with van der Waals surface area (Å²) in [5.74, 6) is -5.49. The number of hydrogen-bond acceptors (Lipinski definition) is 10. The topological polar surface area (TPSA) is 206 Å². The molecule has 14 heteroatoms. The van der Waals surface area contributed by atoms with Crippen molar-refractivity contribution in [2.45, 2.75) is 110 Å². The Kier molecular flexibility index (Phi) is 23.4. The van der Waals surface area contributed by atoms with E-state index in [4.69, 9.17) is 9.47 Å². The van der Waals surface area contributed by atoms with E-state index in [2.05, 4.69) is 27.8 Å². The third-order valence-corrected chi connectivity index (χ3v) is 11.8. The van der Waals surface area contributed by atoms with Gasteiger partial charge in [-0.05, 0) is 59.6 Å². The Labute approximate surface area is 412 Å². The number of benzene rings is 4. The average molecular weight is 959 g/mol. The van der Waals surface area contributed by atoms with Gasteiger partial charge in [-0.25, -0.2) is 4.79 Å². The first-order valence-electron chi connectivity index (χ1n) is 24.2. The number of Topliss-reactive ketones (excluding diaryl/α,β-unsaturated/α-hetero) is 2. The Morgan fingerprint density at radius 1 is 0.714 bits per heavy atom. The Morgan fingerprint density at radius 2 is 1.30 bits per heavy atom. The van der Waals surface area contributed by atoms with Gasteiger partial charge in [0.25, 0.3) is 0 Å². The fourth-order valence-corrected chi connectivity index (χ4v) is 8.21. The molecule has 0 unspecified atom stereocenters. The van der Waals surface area contributed by atoms with Crippen molar-refractivity contribution in [2.75, 3.05) is 25.1 Å². The van der Waals surface area contributed by atoms with Crippen LogP contribution in [-0.4, -0.2) is 78.1 Å². The maximum absolute atomic E-state index is 14.5. The highest BCUT2D eigenvalue weighted by Crippen LogP contribution is 2.41. The van der Waals surface area contributed by atoms with Gasteiger partial charge in [0.1, 0.15) is 18.2 Å². The van der Waals surface area contributed by atoms with Crippen LogP contribution in [0.2, 0.25) is 0 Å². The standard InChI is InChI=1S/C56H70N4O10/c1-6-8-12-19-42(54(67)59-47-28-26-41(37-61)27-29-47)34-48(63)36-57-53(66)43(35-51(64)50(33-39(3)4)60-52(65)31-30-49(58-40(5)62)55(68)69-32-7-2)38-70-56(44-20-13-9-14-21-44,45-22-15-10-16-23-45)46-24-17-11-18-25-46/h7,9-11,13-18,20-29,39,42-43,49-50,61H,2,6,8,12,19,30-38H2,1,3-5H3,(H,57,66)(H,58,62)(H,59,67)(H,60,65)/t42-,43+,49+,50+/m1/s1. The fourth-order valence-electron chi connectivity index (χ4n) is 8.21. The number of carbonyl (C=O) groups is 7. The highest BCUT2D eigenvalue weighted by molar-refractivity contribution is 5.97. The number of anilines is 1. The number of aliphatic hydroxyl groups excluding tert-OH is 1. The number of carbonyl (C=O) groups excluding carboxylic acids is 7. The Bertz CT molecular complexity index is 2210. The number of hydrogen-bond donors (Lipinski definition) is 5. The molecule has 14 nitrogen and oxygen atoms in total. The van der Waals surface area contributed by atoms with Gasteiger partial charge >= 0.3 is 5.97 Å². The molecule has 0 aliphatic carbocycles. The number of rotatable bonds is 31. The Morgan fingerprint density at radius 3 is 1.81 bits per heavy atom. The molecule has 0 aliphatic heterocycles. The summed E-state index contributed by atoms with van der Waals surface area (Å²) in [5, 5.41) is 20.4. The first-order chi connectivity index (χ1) is 33.7. The van der Waals surface area contributed by atoms with Crippen molar-refractivity contribution in [1.29, 1.82) is 0 Å². The highest BCUT2D eigenvalue weighted by Gasteiger charge is 2.40. The molecule has 4 aromatic rings. The van der Waals surface area contributed by atoms with Crippen LogP contribution in [0.3, 0.4) is 0 Å². The zero-order valence-corrected chi connectivity index (χ0v) is 41.0. The molecule has 5 N–H and O–H groups in total. The predicted molar refractivity (Wildman–Crippen MR) is 269 cm³/mol. The molecule has 0 spiro atoms. The number of nitrogens with one attached hydrogen (secondary N) is 4. The molecule has 4 atom stereocenters. The van der Waals surface area contributed by atoms with E-state index in [-0.39, 0.29) is 69.5 Å². The van der Waals surface area contributed by atoms with Crippen LogP contribution in [0.4, 0.5) is 5.69 Å². The zero-order valence-electron chi connectivity index (χ0n) is 41.0. The van der Waals surface area contributed by atoms with Crippen molar-refractivity contribution in [3.05, 3.63) is 150 Å². The number of ketones is 2. The molecule has 4 aromatic carbocycles. The SMILES string of the molecule is C=CCOC(=O)[C@H](CCC(=O)N[C@@H](CC(C)C)C(=O)C[C@@H](COC(c1ccccc1)(c1ccccc1)c1ccccc1)C(=O)NCC(=O)C[C@@H](CCCCC)C(=O)Nc1ccc(CO)cc1)NC(C)=O. The minimum absolute atomic E-state index is 0.0688. The van der Waals surface area contributed by atoms with Crippen LogP contribution < -0.4 is 21.3 Å². The Hall–Kier alpha value is -6.77. The van der Waals surface area contributed by atoms with E-state index in [1.165, 1.54) is 13.0 Å². The van der Waals surface area contributed by atoms with Crippen LogP contribution >= 0.6 is 0 Å². The summed E-state index contributed by atoms with van der Waals surface area (Å²) in [5.41, 5.74) is 2.25. The van der Waals surface area contributed by atoms with Crippen molar-refractivity contribution in [3.63, 3.8) is 0 Å². The predicted octanol–water partition coefficient (Wildman–Crippen LogP) is 7.52. The van der Waals surface area contributed by atoms with Crippen molar-refractivity contribution >= 4 is 46.9 Å². The maximum Gasteiger partial charge on any atom is 0.328 e. The van der Waals surface area contributed by atoms with Crippen molar-refractivity contribution in [3.8, 4) is 0 Å². The maximum atomic E-state index is 14.5. The molecule has 4 amide bonds. The van der Waals surface area contributed by atoms with E-state index >= 15 is 0 Å². The molecule has 374 valence electrons. The molecule has 4 rings (SSSR count). The molecule has 0 aromatic heterocycles. The van der Waals surface area contributed by atoms with Crippen molar-refractivity contribution < 1.29 is 48.1 Å². The molecule has 0 saturated carbocycles. The summed E-state index contributed by atoms with van der Waals surface area (Å²) < 4.78 is 12.2. The van der Waals surface area contributed by atoms with E-state index in [0.29, 0.717) is 17.7 Å². The lowest BCUT2D eigenvalue weighted by atomic mass is 9.80. The van der Waals surface area contributed by atoms with Gasteiger partial charge in [0, 0.05) is 37.8 Å². The molecule has 0 bridgehead atoms. The largest absolute Gasteiger partial charge is 0.460 e. The van der Waals surface area contributed by atoms with Gasteiger partial charge in [-0.3, -0.25) is 28.8 Å². The number of amides is 4. The van der Waals surface area contributed by atoms with Gasteiger partial charge in [0.05, 0.1) is 31.7 Å². The summed E-state index contributed by atoms with van der Waals surface area (Å²) in [4.78, 5) is 94.5. The van der Waals surface area contributed by atoms with Crippen LogP contribution in [0.5, 0.6) is 0 Å². The molecule has 0 radical (unpaired) electrons. The lowest BCUT2D eigenvalue weighted by Crippen LogP contribution is -2.46. The Balaban J connectivity index is 1.64. The molecule has 0 heterocycles. The number of unbranched alkanes of at least 4 members (excludes halogenated alkanes) is 2. The van der Waals surface area contributed by atoms with Crippen LogP contribution in [0, 0.1) is 17.8 Å². The lowest BCUT2D eigenvalue weighted by Gasteiger charge is -2.37.